The molecule has 0 N–H and O–H groups in total. The molecule has 0 bridgehead atoms. The quantitative estimate of drug-likeness (QED) is 0.854. The summed E-state index contributed by atoms with van der Waals surface area (Å²) < 4.78 is 40.8. The molecule has 0 saturated carbocycles. The van der Waals surface area contributed by atoms with E-state index < -0.39 is 10.0 Å². The highest BCUT2D eigenvalue weighted by Crippen LogP contribution is 2.23. The fraction of sp³-hybridized carbons (Fsp3) is 0.353. The number of hydrogen-bond donors (Lipinski definition) is 0. The number of piperazine rings is 1. The van der Waals surface area contributed by atoms with E-state index in [2.05, 4.69) is 4.98 Å². The third-order valence-corrected chi connectivity index (χ3v) is 6.29. The first-order chi connectivity index (χ1) is 11.4. The molecule has 128 valence electrons. The third-order valence-electron chi connectivity index (χ3n) is 4.39. The number of benzene rings is 1. The van der Waals surface area contributed by atoms with E-state index in [1.54, 1.807) is 23.1 Å². The summed E-state index contributed by atoms with van der Waals surface area (Å²) in [6, 6.07) is 8.07. The molecule has 2 heterocycles. The lowest BCUT2D eigenvalue weighted by molar-refractivity contribution is 0.381. The molecule has 7 heteroatoms. The van der Waals surface area contributed by atoms with Gasteiger partial charge in [0.15, 0.2) is 11.6 Å². The van der Waals surface area contributed by atoms with E-state index in [4.69, 9.17) is 0 Å². The summed E-state index contributed by atoms with van der Waals surface area (Å²) in [6.45, 7) is 5.30. The van der Waals surface area contributed by atoms with Gasteiger partial charge in [-0.25, -0.2) is 17.8 Å². The molecule has 1 aromatic heterocycles. The molecule has 3 rings (SSSR count). The van der Waals surface area contributed by atoms with Gasteiger partial charge in [0.05, 0.1) is 4.90 Å². The summed E-state index contributed by atoms with van der Waals surface area (Å²) in [6.07, 6.45) is 1.54. The number of aryl methyl sites for hydroxylation is 2. The van der Waals surface area contributed by atoms with Crippen molar-refractivity contribution in [3.8, 4) is 0 Å². The van der Waals surface area contributed by atoms with Gasteiger partial charge in [-0.3, -0.25) is 0 Å². The summed E-state index contributed by atoms with van der Waals surface area (Å²) in [5.41, 5.74) is 2.01. The molecule has 24 heavy (non-hydrogen) atoms. The van der Waals surface area contributed by atoms with Gasteiger partial charge in [0.2, 0.25) is 10.0 Å². The molecule has 1 aliphatic heterocycles. The van der Waals surface area contributed by atoms with Crippen molar-refractivity contribution in [2.75, 3.05) is 31.1 Å². The average Bonchev–Trinajstić information content (AvgIpc) is 2.58. The molecule has 1 saturated heterocycles. The summed E-state index contributed by atoms with van der Waals surface area (Å²) in [4.78, 5) is 6.14. The highest BCUT2D eigenvalue weighted by molar-refractivity contribution is 7.89. The zero-order valence-electron chi connectivity index (χ0n) is 13.7. The van der Waals surface area contributed by atoms with Crippen LogP contribution in [0.3, 0.4) is 0 Å². The van der Waals surface area contributed by atoms with Gasteiger partial charge in [0.25, 0.3) is 0 Å². The minimum Gasteiger partial charge on any atom is -0.352 e. The number of rotatable bonds is 3. The van der Waals surface area contributed by atoms with E-state index in [1.165, 1.54) is 16.6 Å². The van der Waals surface area contributed by atoms with Crippen LogP contribution in [-0.2, 0) is 10.0 Å². The molecule has 0 aliphatic carbocycles. The van der Waals surface area contributed by atoms with Crippen LogP contribution in [0.1, 0.15) is 11.1 Å². The molecule has 0 unspecified atom stereocenters. The first-order valence-corrected chi connectivity index (χ1v) is 9.26. The van der Waals surface area contributed by atoms with Crippen LogP contribution in [0.4, 0.5) is 10.2 Å². The van der Waals surface area contributed by atoms with E-state index in [1.807, 2.05) is 19.9 Å². The Morgan fingerprint density at radius 1 is 1.04 bits per heavy atom. The van der Waals surface area contributed by atoms with Crippen molar-refractivity contribution >= 4 is 15.8 Å². The fourth-order valence-electron chi connectivity index (χ4n) is 2.77. The molecule has 5 nitrogen and oxygen atoms in total. The lowest BCUT2D eigenvalue weighted by atomic mass is 10.1. The molecule has 0 radical (unpaired) electrons. The Morgan fingerprint density at radius 3 is 2.38 bits per heavy atom. The van der Waals surface area contributed by atoms with Crippen molar-refractivity contribution in [3.63, 3.8) is 0 Å². The predicted molar refractivity (Wildman–Crippen MR) is 91.1 cm³/mol. The fourth-order valence-corrected chi connectivity index (χ4v) is 4.28. The molecular formula is C17H20FN3O2S. The van der Waals surface area contributed by atoms with E-state index in [9.17, 15) is 12.8 Å². The van der Waals surface area contributed by atoms with Gasteiger partial charge in [0, 0.05) is 32.4 Å². The first kappa shape index (κ1) is 16.9. The molecule has 1 fully saturated rings. The van der Waals surface area contributed by atoms with Gasteiger partial charge >= 0.3 is 0 Å². The van der Waals surface area contributed by atoms with Crippen molar-refractivity contribution < 1.29 is 12.8 Å². The molecular weight excluding hydrogens is 329 g/mol. The van der Waals surface area contributed by atoms with Crippen LogP contribution >= 0.6 is 0 Å². The van der Waals surface area contributed by atoms with Gasteiger partial charge in [-0.05, 0) is 49.2 Å². The number of pyridine rings is 1. The van der Waals surface area contributed by atoms with Crippen LogP contribution in [0.2, 0.25) is 0 Å². The Kier molecular flexibility index (Phi) is 4.56. The first-order valence-electron chi connectivity index (χ1n) is 7.82. The van der Waals surface area contributed by atoms with Crippen LogP contribution in [0, 0.1) is 19.7 Å². The lowest BCUT2D eigenvalue weighted by Crippen LogP contribution is -2.49. The van der Waals surface area contributed by atoms with E-state index in [0.717, 1.165) is 11.1 Å². The number of hydrogen-bond acceptors (Lipinski definition) is 4. The topological polar surface area (TPSA) is 53.5 Å². The van der Waals surface area contributed by atoms with Crippen LogP contribution in [0.15, 0.2) is 41.4 Å². The Labute approximate surface area is 141 Å². The van der Waals surface area contributed by atoms with E-state index in [0.29, 0.717) is 31.1 Å². The standard InChI is InChI=1S/C17H20FN3O2S/c1-13-5-6-15(12-14(13)2)24(22,23)21-10-8-20(9-11-21)17-16(18)4-3-7-19-17/h3-7,12H,8-11H2,1-2H3. The predicted octanol–water partition coefficient (Wildman–Crippen LogP) is 2.35. The van der Waals surface area contributed by atoms with E-state index in [-0.39, 0.29) is 11.6 Å². The van der Waals surface area contributed by atoms with Gasteiger partial charge < -0.3 is 4.90 Å². The number of aromatic nitrogens is 1. The largest absolute Gasteiger partial charge is 0.352 e. The normalized spacial score (nSPS) is 16.4. The molecule has 0 spiro atoms. The summed E-state index contributed by atoms with van der Waals surface area (Å²) >= 11 is 0. The van der Waals surface area contributed by atoms with Crippen molar-refractivity contribution in [1.82, 2.24) is 9.29 Å². The van der Waals surface area contributed by atoms with E-state index >= 15 is 0 Å². The molecule has 0 atom stereocenters. The smallest absolute Gasteiger partial charge is 0.243 e. The number of halogens is 1. The van der Waals surface area contributed by atoms with Crippen LogP contribution < -0.4 is 4.90 Å². The second-order valence-corrected chi connectivity index (χ2v) is 7.88. The Balaban J connectivity index is 1.76. The highest BCUT2D eigenvalue weighted by atomic mass is 32.2. The van der Waals surface area contributed by atoms with Crippen molar-refractivity contribution in [2.45, 2.75) is 18.7 Å². The maximum Gasteiger partial charge on any atom is 0.243 e. The zero-order chi connectivity index (χ0) is 17.3. The molecule has 1 aromatic carbocycles. The van der Waals surface area contributed by atoms with Gasteiger partial charge in [-0.1, -0.05) is 6.07 Å². The lowest BCUT2D eigenvalue weighted by Gasteiger charge is -2.34. The summed E-state index contributed by atoms with van der Waals surface area (Å²) in [5, 5.41) is 0. The Bertz CT molecular complexity index is 847. The summed E-state index contributed by atoms with van der Waals surface area (Å²) in [5.74, 6) is -0.108. The minimum absolute atomic E-state index is 0.278. The van der Waals surface area contributed by atoms with Crippen molar-refractivity contribution in [1.29, 1.82) is 0 Å². The molecule has 2 aromatic rings. The Morgan fingerprint density at radius 2 is 1.75 bits per heavy atom. The van der Waals surface area contributed by atoms with Crippen molar-refractivity contribution in [3.05, 3.63) is 53.5 Å². The van der Waals surface area contributed by atoms with Gasteiger partial charge in [0.1, 0.15) is 0 Å². The second-order valence-electron chi connectivity index (χ2n) is 5.95. The number of sulfonamides is 1. The molecule has 0 amide bonds. The monoisotopic (exact) mass is 349 g/mol. The van der Waals surface area contributed by atoms with Gasteiger partial charge in [-0.15, -0.1) is 0 Å². The molecule has 1 aliphatic rings. The number of anilines is 1. The highest BCUT2D eigenvalue weighted by Gasteiger charge is 2.29. The maximum atomic E-state index is 13.8. The maximum absolute atomic E-state index is 13.8. The van der Waals surface area contributed by atoms with Crippen LogP contribution in [-0.4, -0.2) is 43.9 Å². The minimum atomic E-state index is -3.52. The average molecular weight is 349 g/mol. The van der Waals surface area contributed by atoms with Crippen LogP contribution in [0.5, 0.6) is 0 Å². The van der Waals surface area contributed by atoms with Gasteiger partial charge in [-0.2, -0.15) is 4.31 Å². The number of nitrogens with zero attached hydrogens (tertiary/aromatic N) is 3. The third kappa shape index (κ3) is 3.14. The Hall–Kier alpha value is -1.99. The van der Waals surface area contributed by atoms with Crippen molar-refractivity contribution in [2.24, 2.45) is 0 Å². The van der Waals surface area contributed by atoms with Crippen LogP contribution in [0.25, 0.3) is 0 Å². The zero-order valence-corrected chi connectivity index (χ0v) is 14.6. The SMILES string of the molecule is Cc1ccc(S(=O)(=O)N2CCN(c3ncccc3F)CC2)cc1C. The second kappa shape index (κ2) is 6.49. The summed E-state index contributed by atoms with van der Waals surface area (Å²) in [7, 11) is -3.52.